The highest BCUT2D eigenvalue weighted by Crippen LogP contribution is 2.13. The first kappa shape index (κ1) is 4.15. The predicted octanol–water partition coefficient (Wildman–Crippen LogP) is 1.52. The summed E-state index contributed by atoms with van der Waals surface area (Å²) >= 11 is 4.04. The second-order valence-electron chi connectivity index (χ2n) is 0.875. The standard InChI is InChI=1S/C3H4NS2/c5-6-3-1-2-4-6/h1-3,5H/q+1. The molecule has 0 spiro atoms. The fourth-order valence-electron chi connectivity index (χ4n) is 0.238. The van der Waals surface area contributed by atoms with Gasteiger partial charge in [-0.25, -0.2) is 0 Å². The van der Waals surface area contributed by atoms with E-state index in [1.807, 2.05) is 11.4 Å². The highest BCUT2D eigenvalue weighted by molar-refractivity contribution is 8.32. The maximum atomic E-state index is 4.04. The summed E-state index contributed by atoms with van der Waals surface area (Å²) in [6.07, 6.45) is 1.76. The molecule has 1 rings (SSSR count). The number of aromatic nitrogens is 1. The second kappa shape index (κ2) is 1.62. The van der Waals surface area contributed by atoms with Gasteiger partial charge in [0.25, 0.3) is 0 Å². The molecule has 0 aliphatic heterocycles. The average Bonchev–Trinajstić information content (AvgIpc) is 1.86. The lowest BCUT2D eigenvalue weighted by Gasteiger charge is -1.50. The van der Waals surface area contributed by atoms with Crippen molar-refractivity contribution in [1.29, 1.82) is 0 Å². The molecule has 0 amide bonds. The third kappa shape index (κ3) is 0.725. The molecule has 0 N–H and O–H groups in total. The van der Waals surface area contributed by atoms with E-state index in [0.29, 0.717) is 0 Å². The molecule has 32 valence electrons. The van der Waals surface area contributed by atoms with E-state index in [-0.39, 0.29) is 9.70 Å². The smallest absolute Gasteiger partial charge is 0.0328 e. The topological polar surface area (TPSA) is 12.9 Å². The normalized spacial score (nSPS) is 11.8. The molecule has 1 nitrogen and oxygen atoms in total. The lowest BCUT2D eigenvalue weighted by molar-refractivity contribution is 1.58. The molecule has 0 bridgehead atoms. The first-order chi connectivity index (χ1) is 2.89. The Kier molecular flexibility index (Phi) is 1.12. The van der Waals surface area contributed by atoms with Gasteiger partial charge in [-0.05, 0) is 4.37 Å². The predicted molar refractivity (Wildman–Crippen MR) is 31.1 cm³/mol. The van der Waals surface area contributed by atoms with E-state index in [4.69, 9.17) is 0 Å². The maximum Gasteiger partial charge on any atom is 0.178 e. The van der Waals surface area contributed by atoms with E-state index in [2.05, 4.69) is 16.0 Å². The van der Waals surface area contributed by atoms with Crippen molar-refractivity contribution in [1.82, 2.24) is 4.37 Å². The molecule has 6 heavy (non-hydrogen) atoms. The van der Waals surface area contributed by atoms with E-state index >= 15 is 0 Å². The molecule has 0 aliphatic carbocycles. The van der Waals surface area contributed by atoms with Crippen LogP contribution >= 0.6 is 21.4 Å². The summed E-state index contributed by atoms with van der Waals surface area (Å²) < 4.78 is 3.89. The Bertz CT molecular complexity index is 112. The first-order valence-electron chi connectivity index (χ1n) is 1.53. The van der Waals surface area contributed by atoms with Crippen LogP contribution < -0.4 is 0 Å². The number of thiol groups is 1. The molecule has 0 saturated carbocycles. The highest BCUT2D eigenvalue weighted by Gasteiger charge is 1.89. The number of nitrogens with zero attached hydrogens (tertiary/aromatic N) is 1. The number of hydrogen-bond acceptors (Lipinski definition) is 2. The summed E-state index contributed by atoms with van der Waals surface area (Å²) in [4.78, 5) is 0. The van der Waals surface area contributed by atoms with Gasteiger partial charge >= 0.3 is 0 Å². The Balaban J connectivity index is 3.05. The molecule has 0 fully saturated rings. The van der Waals surface area contributed by atoms with Gasteiger partial charge in [-0.15, -0.1) is 0 Å². The molecule has 1 heterocycles. The summed E-state index contributed by atoms with van der Waals surface area (Å²) in [7, 11) is -0.0895. The van der Waals surface area contributed by atoms with Crippen LogP contribution in [0.5, 0.6) is 0 Å². The summed E-state index contributed by atoms with van der Waals surface area (Å²) in [6.45, 7) is 0. The Morgan fingerprint density at radius 1 is 1.67 bits per heavy atom. The van der Waals surface area contributed by atoms with Gasteiger partial charge in [0, 0.05) is 6.07 Å². The molecule has 1 atom stereocenters. The molecular formula is C3H4NS2+. The monoisotopic (exact) mass is 118 g/mol. The summed E-state index contributed by atoms with van der Waals surface area (Å²) in [5, 5.41) is 1.95. The van der Waals surface area contributed by atoms with Gasteiger partial charge in [0.1, 0.15) is 11.7 Å². The SMILES string of the molecule is S[s+]1cccn1. The highest BCUT2D eigenvalue weighted by atomic mass is 33.1. The van der Waals surface area contributed by atoms with Crippen LogP contribution in [0, 0.1) is 0 Å². The van der Waals surface area contributed by atoms with Crippen molar-refractivity contribution in [2.24, 2.45) is 0 Å². The fraction of sp³-hybridized carbons (Fsp3) is 0. The van der Waals surface area contributed by atoms with Gasteiger partial charge in [0.15, 0.2) is 15.1 Å². The minimum absolute atomic E-state index is 0.0895. The Morgan fingerprint density at radius 2 is 2.50 bits per heavy atom. The molecular weight excluding hydrogens is 114 g/mol. The third-order valence-electron chi connectivity index (χ3n) is 0.455. The Labute approximate surface area is 44.0 Å². The summed E-state index contributed by atoms with van der Waals surface area (Å²) in [5.74, 6) is 0. The largest absolute Gasteiger partial charge is 0.178 e. The molecule has 1 unspecified atom stereocenters. The quantitative estimate of drug-likeness (QED) is 0.309. The molecule has 0 aromatic carbocycles. The average molecular weight is 118 g/mol. The molecule has 1 aromatic rings. The van der Waals surface area contributed by atoms with Gasteiger partial charge in [0.05, 0.1) is 6.20 Å². The number of hydrogen-bond donors (Lipinski definition) is 1. The van der Waals surface area contributed by atoms with Gasteiger partial charge < -0.3 is 0 Å². The fourth-order valence-corrected chi connectivity index (χ4v) is 1.09. The number of rotatable bonds is 0. The van der Waals surface area contributed by atoms with Crippen molar-refractivity contribution in [2.75, 3.05) is 0 Å². The molecule has 0 aliphatic rings. The van der Waals surface area contributed by atoms with Gasteiger partial charge in [-0.3, -0.25) is 0 Å². The lowest BCUT2D eigenvalue weighted by atomic mass is 10.8. The first-order valence-corrected chi connectivity index (χ1v) is 3.82. The van der Waals surface area contributed by atoms with Crippen LogP contribution in [0.2, 0.25) is 0 Å². The molecule has 3 heteroatoms. The van der Waals surface area contributed by atoms with Gasteiger partial charge in [0.2, 0.25) is 0 Å². The Morgan fingerprint density at radius 3 is 2.67 bits per heavy atom. The van der Waals surface area contributed by atoms with Crippen LogP contribution in [0.15, 0.2) is 17.6 Å². The minimum atomic E-state index is -0.0895. The van der Waals surface area contributed by atoms with E-state index < -0.39 is 0 Å². The van der Waals surface area contributed by atoms with Crippen LogP contribution in [0.4, 0.5) is 0 Å². The van der Waals surface area contributed by atoms with Crippen molar-refractivity contribution >= 4 is 21.4 Å². The zero-order valence-corrected chi connectivity index (χ0v) is 4.75. The molecule has 1 aromatic heterocycles. The van der Waals surface area contributed by atoms with Crippen molar-refractivity contribution in [3.8, 4) is 0 Å². The van der Waals surface area contributed by atoms with Crippen molar-refractivity contribution in [3.63, 3.8) is 0 Å². The van der Waals surface area contributed by atoms with E-state index in [0.717, 1.165) is 0 Å². The van der Waals surface area contributed by atoms with Crippen LogP contribution in [-0.4, -0.2) is 4.37 Å². The van der Waals surface area contributed by atoms with Crippen LogP contribution in [0.25, 0.3) is 0 Å². The van der Waals surface area contributed by atoms with Crippen LogP contribution in [-0.2, 0) is 0 Å². The second-order valence-corrected chi connectivity index (χ2v) is 3.07. The molecule has 0 radical (unpaired) electrons. The summed E-state index contributed by atoms with van der Waals surface area (Å²) in [6, 6.07) is 1.90. The van der Waals surface area contributed by atoms with Crippen LogP contribution in [0.1, 0.15) is 0 Å². The lowest BCUT2D eigenvalue weighted by Crippen LogP contribution is -1.39. The maximum absolute atomic E-state index is 4.04. The van der Waals surface area contributed by atoms with Crippen molar-refractivity contribution in [2.45, 2.75) is 0 Å². The minimum Gasteiger partial charge on any atom is -0.0328 e. The zero-order chi connectivity index (χ0) is 4.41. The Hall–Kier alpha value is -0.0200. The van der Waals surface area contributed by atoms with Crippen LogP contribution in [0.3, 0.4) is 0 Å². The van der Waals surface area contributed by atoms with Crippen molar-refractivity contribution < 1.29 is 0 Å². The van der Waals surface area contributed by atoms with E-state index in [9.17, 15) is 0 Å². The summed E-state index contributed by atoms with van der Waals surface area (Å²) in [5.41, 5.74) is 0. The van der Waals surface area contributed by atoms with E-state index in [1.54, 1.807) is 6.20 Å². The van der Waals surface area contributed by atoms with E-state index in [1.165, 1.54) is 0 Å². The van der Waals surface area contributed by atoms with Crippen molar-refractivity contribution in [3.05, 3.63) is 17.6 Å². The molecule has 0 saturated heterocycles. The zero-order valence-electron chi connectivity index (χ0n) is 3.03. The third-order valence-corrected chi connectivity index (χ3v) is 1.84. The van der Waals surface area contributed by atoms with Gasteiger partial charge in [-0.2, -0.15) is 0 Å². The van der Waals surface area contributed by atoms with Gasteiger partial charge in [-0.1, -0.05) is 0 Å².